The summed E-state index contributed by atoms with van der Waals surface area (Å²) >= 11 is 0. The van der Waals surface area contributed by atoms with Crippen LogP contribution in [-0.4, -0.2) is 56.4 Å². The van der Waals surface area contributed by atoms with E-state index in [-0.39, 0.29) is 47.1 Å². The number of rotatable bonds is 3. The minimum absolute atomic E-state index is 0.0238. The fraction of sp³-hybridized carbons (Fsp3) is 0.400. The molecule has 4 heterocycles. The number of hydrogen-bond acceptors (Lipinski definition) is 7. The van der Waals surface area contributed by atoms with Crippen LogP contribution in [0.2, 0.25) is 0 Å². The average Bonchev–Trinajstić information content (AvgIpc) is 3.66. The van der Waals surface area contributed by atoms with E-state index in [0.29, 0.717) is 48.4 Å². The van der Waals surface area contributed by atoms with Gasteiger partial charge in [-0.15, -0.1) is 0 Å². The van der Waals surface area contributed by atoms with Crippen LogP contribution >= 0.6 is 0 Å². The quantitative estimate of drug-likeness (QED) is 0.228. The number of aliphatic hydroxyl groups is 1. The first kappa shape index (κ1) is 32.8. The molecule has 0 saturated carbocycles. The Kier molecular flexibility index (Phi) is 8.69. The third-order valence-electron chi connectivity index (χ3n) is 9.16. The van der Waals surface area contributed by atoms with Crippen molar-refractivity contribution in [2.75, 3.05) is 18.1 Å². The summed E-state index contributed by atoms with van der Waals surface area (Å²) in [6.07, 6.45) is 5.37. The molecule has 0 aliphatic carbocycles. The second-order valence-electron chi connectivity index (χ2n) is 13.4. The standard InChI is InChI=1S/C35H39F2N5O4S/c1-34(2)13-6-14-35(3,23-8-5-7-22(19-23)11-17-43)33-40-32(42(4)41-33)27-20-24(9-15-38-27)46-31-26(12-18-47(44,45)21-34)25-10-16-39-30(25)28(36)29(31)37/h5,7-10,15-16,19-20,39,43H,6,11-14,17-18,21H2,1-4H3/t35-/m1/s1. The number of benzene rings is 2. The van der Waals surface area contributed by atoms with Crippen molar-refractivity contribution in [2.24, 2.45) is 12.5 Å². The molecule has 1 aliphatic rings. The lowest BCUT2D eigenvalue weighted by Crippen LogP contribution is -2.29. The number of aliphatic hydroxyl groups excluding tert-OH is 1. The minimum Gasteiger partial charge on any atom is -0.454 e. The summed E-state index contributed by atoms with van der Waals surface area (Å²) in [7, 11) is -1.85. The van der Waals surface area contributed by atoms with Gasteiger partial charge >= 0.3 is 0 Å². The number of ether oxygens (including phenoxy) is 1. The molecule has 0 saturated heterocycles. The van der Waals surface area contributed by atoms with E-state index in [1.807, 2.05) is 32.0 Å². The molecule has 4 bridgehead atoms. The predicted octanol–water partition coefficient (Wildman–Crippen LogP) is 6.44. The van der Waals surface area contributed by atoms with Crippen LogP contribution in [0.15, 0.2) is 54.9 Å². The van der Waals surface area contributed by atoms with E-state index in [2.05, 4.69) is 23.0 Å². The van der Waals surface area contributed by atoms with Crippen molar-refractivity contribution in [2.45, 2.75) is 58.3 Å². The van der Waals surface area contributed by atoms with Crippen molar-refractivity contribution in [1.29, 1.82) is 0 Å². The number of aromatic amines is 1. The summed E-state index contributed by atoms with van der Waals surface area (Å²) in [4.78, 5) is 12.2. The van der Waals surface area contributed by atoms with E-state index in [1.165, 1.54) is 18.5 Å². The number of fused-ring (bicyclic) bond motifs is 8. The van der Waals surface area contributed by atoms with Crippen LogP contribution in [0.1, 0.15) is 62.5 Å². The van der Waals surface area contributed by atoms with Crippen LogP contribution in [0, 0.1) is 17.0 Å². The minimum atomic E-state index is -3.62. The Labute approximate surface area is 273 Å². The fourth-order valence-corrected chi connectivity index (χ4v) is 8.67. The van der Waals surface area contributed by atoms with Gasteiger partial charge in [-0.2, -0.15) is 9.49 Å². The van der Waals surface area contributed by atoms with Gasteiger partial charge in [-0.1, -0.05) is 44.5 Å². The lowest BCUT2D eigenvalue weighted by Gasteiger charge is -2.30. The van der Waals surface area contributed by atoms with Crippen LogP contribution in [0.4, 0.5) is 8.78 Å². The molecule has 5 aromatic rings. The topological polar surface area (TPSA) is 123 Å². The summed E-state index contributed by atoms with van der Waals surface area (Å²) < 4.78 is 65.6. The van der Waals surface area contributed by atoms with E-state index in [9.17, 15) is 13.5 Å². The van der Waals surface area contributed by atoms with Gasteiger partial charge in [-0.05, 0) is 61.3 Å². The van der Waals surface area contributed by atoms with Crippen LogP contribution in [0.25, 0.3) is 22.4 Å². The van der Waals surface area contributed by atoms with E-state index in [0.717, 1.165) is 11.1 Å². The molecule has 0 amide bonds. The molecule has 0 unspecified atom stereocenters. The molecule has 3 aromatic heterocycles. The van der Waals surface area contributed by atoms with Gasteiger partial charge in [0.15, 0.2) is 33.1 Å². The summed E-state index contributed by atoms with van der Waals surface area (Å²) in [5.41, 5.74) is 1.38. The number of halogens is 2. The van der Waals surface area contributed by atoms with Gasteiger partial charge < -0.3 is 14.8 Å². The van der Waals surface area contributed by atoms with Crippen molar-refractivity contribution in [3.05, 3.63) is 89.0 Å². The Bertz CT molecular complexity index is 2060. The molecule has 2 N–H and O–H groups in total. The molecule has 1 aliphatic heterocycles. The predicted molar refractivity (Wildman–Crippen MR) is 176 cm³/mol. The molecule has 0 radical (unpaired) electrons. The third-order valence-corrected chi connectivity index (χ3v) is 11.2. The molecule has 1 atom stereocenters. The summed E-state index contributed by atoms with van der Waals surface area (Å²) in [5.74, 6) is -1.81. The number of sulfone groups is 1. The first-order valence-electron chi connectivity index (χ1n) is 15.7. The molecule has 248 valence electrons. The highest BCUT2D eigenvalue weighted by Gasteiger charge is 2.36. The number of aromatic nitrogens is 5. The van der Waals surface area contributed by atoms with Gasteiger partial charge in [0, 0.05) is 43.1 Å². The number of hydrogen-bond donors (Lipinski definition) is 2. The average molecular weight is 664 g/mol. The van der Waals surface area contributed by atoms with Crippen LogP contribution < -0.4 is 4.74 Å². The SMILES string of the molecule is Cn1nc2nc1-c1cc(ccn1)Oc1c(F)c(F)c3[nH]ccc3c1CCS(=O)(=O)CC(C)(C)CCC[C@]2(C)c1cccc(CCO)c1. The maximum atomic E-state index is 15.6. The van der Waals surface area contributed by atoms with Crippen LogP contribution in [0.3, 0.4) is 0 Å². The number of aryl methyl sites for hydroxylation is 2. The number of nitrogens with one attached hydrogen (secondary N) is 1. The van der Waals surface area contributed by atoms with Crippen molar-refractivity contribution in [1.82, 2.24) is 24.7 Å². The second kappa shape index (κ2) is 12.5. The lowest BCUT2D eigenvalue weighted by atomic mass is 9.75. The van der Waals surface area contributed by atoms with Gasteiger partial charge in [0.05, 0.1) is 22.4 Å². The van der Waals surface area contributed by atoms with Crippen LogP contribution in [0.5, 0.6) is 11.5 Å². The highest BCUT2D eigenvalue weighted by molar-refractivity contribution is 7.91. The Balaban J connectivity index is 1.51. The van der Waals surface area contributed by atoms with Crippen molar-refractivity contribution < 1.29 is 27.0 Å². The maximum absolute atomic E-state index is 15.6. The highest BCUT2D eigenvalue weighted by Crippen LogP contribution is 2.40. The van der Waals surface area contributed by atoms with Gasteiger partial charge in [0.25, 0.3) is 0 Å². The number of nitrogens with zero attached hydrogens (tertiary/aromatic N) is 4. The second-order valence-corrected chi connectivity index (χ2v) is 15.6. The first-order chi connectivity index (χ1) is 22.3. The van der Waals surface area contributed by atoms with E-state index in [4.69, 9.17) is 14.8 Å². The number of pyridine rings is 1. The zero-order valence-corrected chi connectivity index (χ0v) is 27.8. The molecule has 6 rings (SSSR count). The fourth-order valence-electron chi connectivity index (χ4n) is 6.68. The van der Waals surface area contributed by atoms with Crippen molar-refractivity contribution in [3.63, 3.8) is 0 Å². The Morgan fingerprint density at radius 1 is 1.09 bits per heavy atom. The third kappa shape index (κ3) is 6.53. The summed E-state index contributed by atoms with van der Waals surface area (Å²) in [6.45, 7) is 5.98. The molecule has 47 heavy (non-hydrogen) atoms. The lowest BCUT2D eigenvalue weighted by molar-refractivity contribution is 0.299. The molecular weight excluding hydrogens is 624 g/mol. The first-order valence-corrected chi connectivity index (χ1v) is 17.6. The van der Waals surface area contributed by atoms with Crippen molar-refractivity contribution in [3.8, 4) is 23.0 Å². The Morgan fingerprint density at radius 2 is 1.89 bits per heavy atom. The van der Waals surface area contributed by atoms with Gasteiger partial charge in [0.2, 0.25) is 5.82 Å². The normalized spacial score (nSPS) is 19.8. The van der Waals surface area contributed by atoms with E-state index >= 15 is 8.78 Å². The van der Waals surface area contributed by atoms with Gasteiger partial charge in [-0.3, -0.25) is 4.98 Å². The number of H-pyrrole nitrogens is 1. The zero-order valence-electron chi connectivity index (χ0n) is 27.0. The van der Waals surface area contributed by atoms with Gasteiger partial charge in [-0.25, -0.2) is 22.5 Å². The molecule has 9 nitrogen and oxygen atoms in total. The molecule has 0 spiro atoms. The smallest absolute Gasteiger partial charge is 0.203 e. The molecule has 12 heteroatoms. The molecular formula is C35H39F2N5O4S. The largest absolute Gasteiger partial charge is 0.454 e. The summed E-state index contributed by atoms with van der Waals surface area (Å²) in [5, 5.41) is 14.8. The molecule has 2 aromatic carbocycles. The van der Waals surface area contributed by atoms with E-state index in [1.54, 1.807) is 23.9 Å². The Hall–Kier alpha value is -4.16. The van der Waals surface area contributed by atoms with Crippen molar-refractivity contribution >= 4 is 20.7 Å². The highest BCUT2D eigenvalue weighted by atomic mass is 32.2. The zero-order chi connectivity index (χ0) is 33.6. The maximum Gasteiger partial charge on any atom is 0.203 e. The van der Waals surface area contributed by atoms with E-state index < -0.39 is 32.3 Å². The molecule has 0 fully saturated rings. The van der Waals surface area contributed by atoms with Crippen LogP contribution in [-0.2, 0) is 35.1 Å². The Morgan fingerprint density at radius 3 is 2.68 bits per heavy atom. The summed E-state index contributed by atoms with van der Waals surface area (Å²) in [6, 6.07) is 12.7. The van der Waals surface area contributed by atoms with Gasteiger partial charge in [0.1, 0.15) is 11.4 Å². The monoisotopic (exact) mass is 663 g/mol.